The fraction of sp³-hybridized carbons (Fsp3) is 0.250. The topological polar surface area (TPSA) is 12.0 Å². The molecule has 100 valence electrons. The highest BCUT2D eigenvalue weighted by Gasteiger charge is 2.11. The molecule has 2 aromatic carbocycles. The van der Waals surface area contributed by atoms with Crippen LogP contribution in [0.15, 0.2) is 57.5 Å². The van der Waals surface area contributed by atoms with E-state index in [0.717, 1.165) is 21.9 Å². The molecule has 0 aromatic heterocycles. The molecule has 0 saturated heterocycles. The summed E-state index contributed by atoms with van der Waals surface area (Å²) >= 11 is 7.01. The molecule has 2 aromatic rings. The van der Waals surface area contributed by atoms with Crippen molar-refractivity contribution in [2.75, 3.05) is 6.54 Å². The minimum absolute atomic E-state index is 0.354. The lowest BCUT2D eigenvalue weighted by molar-refractivity contribution is 0.549. The zero-order valence-electron chi connectivity index (χ0n) is 10.9. The Hall–Kier alpha value is -0.640. The van der Waals surface area contributed by atoms with Gasteiger partial charge in [-0.3, -0.25) is 0 Å². The average Bonchev–Trinajstić information content (AvgIpc) is 2.39. The van der Waals surface area contributed by atoms with Crippen molar-refractivity contribution in [1.29, 1.82) is 0 Å². The van der Waals surface area contributed by atoms with E-state index in [4.69, 9.17) is 0 Å². The van der Waals surface area contributed by atoms with Gasteiger partial charge in [-0.2, -0.15) is 0 Å². The molecule has 0 bridgehead atoms. The van der Waals surface area contributed by atoms with Gasteiger partial charge in [-0.1, -0.05) is 63.0 Å². The Morgan fingerprint density at radius 1 is 1.00 bits per heavy atom. The summed E-state index contributed by atoms with van der Waals surface area (Å²) in [4.78, 5) is 0. The van der Waals surface area contributed by atoms with Crippen LogP contribution >= 0.6 is 31.9 Å². The first kappa shape index (κ1) is 14.8. The molecule has 0 heterocycles. The monoisotopic (exact) mass is 381 g/mol. The van der Waals surface area contributed by atoms with Crippen molar-refractivity contribution in [3.63, 3.8) is 0 Å². The predicted octanol–water partition coefficient (Wildman–Crippen LogP) is 5.10. The van der Waals surface area contributed by atoms with E-state index in [2.05, 4.69) is 92.6 Å². The van der Waals surface area contributed by atoms with Gasteiger partial charge in [0.25, 0.3) is 0 Å². The molecule has 19 heavy (non-hydrogen) atoms. The van der Waals surface area contributed by atoms with Crippen LogP contribution < -0.4 is 5.32 Å². The molecule has 2 rings (SSSR count). The standard InChI is InChI=1S/C16H17Br2N/c1-2-19-16(13-6-8-14(17)9-7-13)11-12-4-3-5-15(18)10-12/h3-10,16,19H,2,11H2,1H3. The van der Waals surface area contributed by atoms with Gasteiger partial charge in [0, 0.05) is 15.0 Å². The van der Waals surface area contributed by atoms with Gasteiger partial charge in [-0.15, -0.1) is 0 Å². The summed E-state index contributed by atoms with van der Waals surface area (Å²) in [6.45, 7) is 3.11. The molecular formula is C16H17Br2N. The van der Waals surface area contributed by atoms with Crippen LogP contribution in [0.4, 0.5) is 0 Å². The summed E-state index contributed by atoms with van der Waals surface area (Å²) in [5.41, 5.74) is 2.66. The molecule has 0 aliphatic carbocycles. The molecule has 0 radical (unpaired) electrons. The third kappa shape index (κ3) is 4.44. The van der Waals surface area contributed by atoms with Crippen LogP contribution in [0.3, 0.4) is 0 Å². The molecule has 0 amide bonds. The molecule has 0 aliphatic rings. The molecule has 0 saturated carbocycles. The van der Waals surface area contributed by atoms with Gasteiger partial charge in [-0.25, -0.2) is 0 Å². The predicted molar refractivity (Wildman–Crippen MR) is 88.4 cm³/mol. The smallest absolute Gasteiger partial charge is 0.0360 e. The van der Waals surface area contributed by atoms with E-state index in [9.17, 15) is 0 Å². The third-order valence-electron chi connectivity index (χ3n) is 3.05. The van der Waals surface area contributed by atoms with Gasteiger partial charge in [0.15, 0.2) is 0 Å². The highest BCUT2D eigenvalue weighted by molar-refractivity contribution is 9.10. The molecule has 1 unspecified atom stereocenters. The van der Waals surface area contributed by atoms with Crippen molar-refractivity contribution in [2.45, 2.75) is 19.4 Å². The van der Waals surface area contributed by atoms with E-state index < -0.39 is 0 Å². The maximum Gasteiger partial charge on any atom is 0.0360 e. The van der Waals surface area contributed by atoms with Gasteiger partial charge in [0.05, 0.1) is 0 Å². The van der Waals surface area contributed by atoms with Crippen LogP contribution in [-0.4, -0.2) is 6.54 Å². The molecule has 0 spiro atoms. The normalized spacial score (nSPS) is 12.4. The van der Waals surface area contributed by atoms with Crippen LogP contribution in [0.1, 0.15) is 24.1 Å². The van der Waals surface area contributed by atoms with Gasteiger partial charge in [0.1, 0.15) is 0 Å². The van der Waals surface area contributed by atoms with Gasteiger partial charge in [0.2, 0.25) is 0 Å². The summed E-state index contributed by atoms with van der Waals surface area (Å²) in [5, 5.41) is 3.56. The second-order valence-electron chi connectivity index (χ2n) is 4.50. The summed E-state index contributed by atoms with van der Waals surface area (Å²) in [6.07, 6.45) is 0.995. The van der Waals surface area contributed by atoms with E-state index in [-0.39, 0.29) is 0 Å². The number of benzene rings is 2. The number of hydrogen-bond acceptors (Lipinski definition) is 1. The maximum atomic E-state index is 3.56. The van der Waals surface area contributed by atoms with Crippen molar-refractivity contribution < 1.29 is 0 Å². The number of halogens is 2. The van der Waals surface area contributed by atoms with Gasteiger partial charge < -0.3 is 5.32 Å². The summed E-state index contributed by atoms with van der Waals surface area (Å²) < 4.78 is 2.25. The zero-order chi connectivity index (χ0) is 13.7. The lowest BCUT2D eigenvalue weighted by Gasteiger charge is -2.19. The number of rotatable bonds is 5. The highest BCUT2D eigenvalue weighted by Crippen LogP contribution is 2.22. The van der Waals surface area contributed by atoms with E-state index >= 15 is 0 Å². The second-order valence-corrected chi connectivity index (χ2v) is 6.33. The summed E-state index contributed by atoms with van der Waals surface area (Å²) in [5.74, 6) is 0. The van der Waals surface area contributed by atoms with E-state index in [0.29, 0.717) is 6.04 Å². The first-order valence-electron chi connectivity index (χ1n) is 6.42. The highest BCUT2D eigenvalue weighted by atomic mass is 79.9. The van der Waals surface area contributed by atoms with Crippen molar-refractivity contribution >= 4 is 31.9 Å². The number of likely N-dealkylation sites (N-methyl/N-ethyl adjacent to an activating group) is 1. The van der Waals surface area contributed by atoms with Crippen LogP contribution in [0.25, 0.3) is 0 Å². The van der Waals surface area contributed by atoms with Crippen molar-refractivity contribution in [2.24, 2.45) is 0 Å². The van der Waals surface area contributed by atoms with E-state index in [1.54, 1.807) is 0 Å². The maximum absolute atomic E-state index is 3.56. The Kier molecular flexibility index (Phi) is 5.61. The Balaban J connectivity index is 2.18. The molecule has 3 heteroatoms. The Morgan fingerprint density at radius 3 is 2.37 bits per heavy atom. The first-order chi connectivity index (χ1) is 9.19. The fourth-order valence-corrected chi connectivity index (χ4v) is 2.86. The molecular weight excluding hydrogens is 366 g/mol. The van der Waals surface area contributed by atoms with Gasteiger partial charge in [-0.05, 0) is 48.4 Å². The number of hydrogen-bond donors (Lipinski definition) is 1. The molecule has 0 aliphatic heterocycles. The van der Waals surface area contributed by atoms with Crippen LogP contribution in [-0.2, 0) is 6.42 Å². The third-order valence-corrected chi connectivity index (χ3v) is 4.07. The molecule has 1 nitrogen and oxygen atoms in total. The lowest BCUT2D eigenvalue weighted by Crippen LogP contribution is -2.22. The first-order valence-corrected chi connectivity index (χ1v) is 8.01. The Bertz CT molecular complexity index is 523. The van der Waals surface area contributed by atoms with Crippen molar-refractivity contribution in [3.05, 3.63) is 68.6 Å². The average molecular weight is 383 g/mol. The number of nitrogens with one attached hydrogen (secondary N) is 1. The Morgan fingerprint density at radius 2 is 1.74 bits per heavy atom. The largest absolute Gasteiger partial charge is 0.310 e. The second kappa shape index (κ2) is 7.22. The lowest BCUT2D eigenvalue weighted by atomic mass is 9.99. The van der Waals surface area contributed by atoms with E-state index in [1.807, 2.05) is 0 Å². The summed E-state index contributed by atoms with van der Waals surface area (Å²) in [6, 6.07) is 17.4. The van der Waals surface area contributed by atoms with Crippen molar-refractivity contribution in [3.8, 4) is 0 Å². The van der Waals surface area contributed by atoms with Crippen LogP contribution in [0.2, 0.25) is 0 Å². The minimum Gasteiger partial charge on any atom is -0.310 e. The van der Waals surface area contributed by atoms with Crippen LogP contribution in [0, 0.1) is 0 Å². The molecule has 1 atom stereocenters. The van der Waals surface area contributed by atoms with E-state index in [1.165, 1.54) is 11.1 Å². The summed E-state index contributed by atoms with van der Waals surface area (Å²) in [7, 11) is 0. The fourth-order valence-electron chi connectivity index (χ4n) is 2.15. The van der Waals surface area contributed by atoms with Crippen LogP contribution in [0.5, 0.6) is 0 Å². The zero-order valence-corrected chi connectivity index (χ0v) is 14.0. The quantitative estimate of drug-likeness (QED) is 0.757. The van der Waals surface area contributed by atoms with Gasteiger partial charge >= 0.3 is 0 Å². The molecule has 0 fully saturated rings. The SMILES string of the molecule is CCNC(Cc1cccc(Br)c1)c1ccc(Br)cc1. The Labute approximate surface area is 131 Å². The molecule has 1 N–H and O–H groups in total. The van der Waals surface area contributed by atoms with Crippen molar-refractivity contribution in [1.82, 2.24) is 5.32 Å². The minimum atomic E-state index is 0.354.